The van der Waals surface area contributed by atoms with Crippen LogP contribution < -0.4 is 0 Å². The average molecular weight is 337 g/mol. The molecule has 0 rings (SSSR count). The molecular formula is H7Al2CaClO9Si2. The quantitative estimate of drug-likeness (QED) is 0.443. The molecule has 0 spiro atoms. The molecule has 0 saturated heterocycles. The van der Waals surface area contributed by atoms with Gasteiger partial charge in [0.2, 0.25) is 0 Å². The molecule has 15 heteroatoms. The fourth-order valence-corrected chi connectivity index (χ4v) is 2.62. The topological polar surface area (TPSA) is 159 Å². The standard InChI is InChI=1S/2Al.Ca.ClH.O5Si2.2H2O.2O.2H/c;;;;1-6(2)5-7(3)4;;;;;;/h;;;1H;;2*1H2;;;;/q2*+1;;;-2;;;;;;. The van der Waals surface area contributed by atoms with E-state index in [0.29, 0.717) is 0 Å². The molecule has 15 heavy (non-hydrogen) atoms. The summed E-state index contributed by atoms with van der Waals surface area (Å²) in [6, 6.07) is 0. The molecule has 84 valence electrons. The second-order valence-corrected chi connectivity index (χ2v) is 5.12. The minimum atomic E-state index is -3.00. The molecule has 0 radical (unpaired) electrons. The van der Waals surface area contributed by atoms with Crippen molar-refractivity contribution in [2.24, 2.45) is 0 Å². The van der Waals surface area contributed by atoms with Gasteiger partial charge >= 0.3 is 115 Å². The Morgan fingerprint density at radius 1 is 0.867 bits per heavy atom. The summed E-state index contributed by atoms with van der Waals surface area (Å²) in [5.74, 6) is 0. The zero-order valence-corrected chi connectivity index (χ0v) is 11.5. The van der Waals surface area contributed by atoms with Crippen LogP contribution in [0.3, 0.4) is 0 Å². The van der Waals surface area contributed by atoms with Gasteiger partial charge in [-0.2, -0.15) is 0 Å². The predicted molar refractivity (Wildman–Crippen MR) is 52.0 cm³/mol. The first-order valence-electron chi connectivity index (χ1n) is 2.17. The van der Waals surface area contributed by atoms with E-state index < -0.39 is 49.3 Å². The van der Waals surface area contributed by atoms with Gasteiger partial charge in [-0.3, -0.25) is 0 Å². The molecule has 0 aliphatic rings. The monoisotopic (exact) mass is 336 g/mol. The first kappa shape index (κ1) is 30.0. The molecule has 0 aromatic rings. The van der Waals surface area contributed by atoms with Crippen molar-refractivity contribution in [3.8, 4) is 0 Å². The van der Waals surface area contributed by atoms with Crippen LogP contribution in [0, 0.1) is 0 Å². The molecule has 0 aromatic heterocycles. The number of hydrogen-bond acceptors (Lipinski definition) is 7. The molecule has 0 aromatic carbocycles. The van der Waals surface area contributed by atoms with Crippen LogP contribution in [0.4, 0.5) is 0 Å². The summed E-state index contributed by atoms with van der Waals surface area (Å²) in [7, 11) is -6.01. The fraction of sp³-hybridized carbons (Fsp3) is 0. The van der Waals surface area contributed by atoms with Crippen LogP contribution >= 0.6 is 12.4 Å². The molecule has 0 aliphatic carbocycles. The van der Waals surface area contributed by atoms with Crippen LogP contribution in [-0.2, 0) is 27.6 Å². The Kier molecular flexibility index (Phi) is 41.8. The molecule has 9 nitrogen and oxygen atoms in total. The molecule has 0 aliphatic heterocycles. The summed E-state index contributed by atoms with van der Waals surface area (Å²) in [5.41, 5.74) is 0. The van der Waals surface area contributed by atoms with Gasteiger partial charge in [0.05, 0.1) is 0 Å². The van der Waals surface area contributed by atoms with Crippen LogP contribution in [0.5, 0.6) is 0 Å². The third-order valence-corrected chi connectivity index (χ3v) is 4.10. The van der Waals surface area contributed by atoms with Gasteiger partial charge < -0.3 is 11.0 Å². The van der Waals surface area contributed by atoms with E-state index in [1.165, 1.54) is 0 Å². The summed E-state index contributed by atoms with van der Waals surface area (Å²) < 4.78 is 52.0. The van der Waals surface area contributed by atoms with Gasteiger partial charge in [0.15, 0.2) is 0 Å². The van der Waals surface area contributed by atoms with Gasteiger partial charge in [0.1, 0.15) is 0 Å². The molecule has 0 saturated carbocycles. The van der Waals surface area contributed by atoms with Crippen LogP contribution in [0.15, 0.2) is 0 Å². The van der Waals surface area contributed by atoms with E-state index in [-0.39, 0.29) is 61.1 Å². The number of halogens is 1. The van der Waals surface area contributed by atoms with E-state index in [4.69, 9.17) is 0 Å². The van der Waals surface area contributed by atoms with E-state index in [0.717, 1.165) is 0 Å². The van der Waals surface area contributed by atoms with Gasteiger partial charge in [-0.25, -0.2) is 0 Å². The average Bonchev–Trinajstić information content (AvgIpc) is 1.87. The third-order valence-electron chi connectivity index (χ3n) is 0.455. The third kappa shape index (κ3) is 21.4. The van der Waals surface area contributed by atoms with E-state index in [1.54, 1.807) is 0 Å². The molecule has 0 heterocycles. The van der Waals surface area contributed by atoms with Crippen LogP contribution in [-0.4, -0.2) is 98.0 Å². The Balaban J connectivity index is -0.0000000833. The Morgan fingerprint density at radius 2 is 1.13 bits per heavy atom. The summed E-state index contributed by atoms with van der Waals surface area (Å²) in [6.45, 7) is 0. The van der Waals surface area contributed by atoms with E-state index in [2.05, 4.69) is 11.1 Å². The van der Waals surface area contributed by atoms with Gasteiger partial charge in [0, 0.05) is 0 Å². The molecule has 0 unspecified atom stereocenters. The second kappa shape index (κ2) is 20.9. The van der Waals surface area contributed by atoms with Crippen molar-refractivity contribution in [3.05, 3.63) is 0 Å². The first-order valence-corrected chi connectivity index (χ1v) is 6.50. The molecule has 4 N–H and O–H groups in total. The maximum atomic E-state index is 10.3. The van der Waals surface area contributed by atoms with Crippen molar-refractivity contribution in [1.82, 2.24) is 0 Å². The van der Waals surface area contributed by atoms with Gasteiger partial charge in [-0.15, -0.1) is 12.4 Å². The minimum absolute atomic E-state index is 0. The van der Waals surface area contributed by atoms with Crippen molar-refractivity contribution in [3.63, 3.8) is 0 Å². The molecule has 0 amide bonds. The number of rotatable bonds is 6. The molecular weight excluding hydrogens is 330 g/mol. The normalized spacial score (nSPS) is 5.07. The first-order chi connectivity index (χ1) is 5.20. The summed E-state index contributed by atoms with van der Waals surface area (Å²) in [4.78, 5) is 0. The zero-order chi connectivity index (χ0) is 8.69. The SMILES string of the molecule is Cl.O.O.[CaH2].[O]=[Al][O][Si](=O)O[Si](=O)[O][Al]=[O]. The Morgan fingerprint density at radius 3 is 1.33 bits per heavy atom. The van der Waals surface area contributed by atoms with E-state index in [1.807, 2.05) is 0 Å². The van der Waals surface area contributed by atoms with Crippen molar-refractivity contribution in [2.75, 3.05) is 0 Å². The van der Waals surface area contributed by atoms with Crippen LogP contribution in [0.25, 0.3) is 0 Å². The van der Waals surface area contributed by atoms with Crippen molar-refractivity contribution in [1.29, 1.82) is 0 Å². The van der Waals surface area contributed by atoms with Gasteiger partial charge in [-0.1, -0.05) is 0 Å². The fourth-order valence-electron chi connectivity index (χ4n) is 0.195. The molecule has 0 bridgehead atoms. The van der Waals surface area contributed by atoms with Crippen LogP contribution in [0.1, 0.15) is 0 Å². The number of hydrogen-bond donors (Lipinski definition) is 0. The van der Waals surface area contributed by atoms with Crippen molar-refractivity contribution in [2.45, 2.75) is 0 Å². The van der Waals surface area contributed by atoms with Gasteiger partial charge in [0.25, 0.3) is 0 Å². The van der Waals surface area contributed by atoms with Crippen molar-refractivity contribution >= 4 is 99.5 Å². The maximum absolute atomic E-state index is 10.3. The Bertz CT molecular complexity index is 179. The summed E-state index contributed by atoms with van der Waals surface area (Å²) in [5, 5.41) is 0. The molecule has 0 fully saturated rings. The second-order valence-electron chi connectivity index (χ2n) is 1.03. The summed E-state index contributed by atoms with van der Waals surface area (Å²) in [6.07, 6.45) is 0. The van der Waals surface area contributed by atoms with Crippen molar-refractivity contribution < 1.29 is 38.6 Å². The summed E-state index contributed by atoms with van der Waals surface area (Å²) >= 11 is -3.33. The van der Waals surface area contributed by atoms with Crippen LogP contribution in [0.2, 0.25) is 0 Å². The van der Waals surface area contributed by atoms with E-state index in [9.17, 15) is 16.5 Å². The Labute approximate surface area is 136 Å². The molecule has 0 atom stereocenters. The zero-order valence-electron chi connectivity index (χ0n) is 6.42. The van der Waals surface area contributed by atoms with E-state index >= 15 is 0 Å². The van der Waals surface area contributed by atoms with Gasteiger partial charge in [-0.05, 0) is 0 Å². The Hall–Kier alpha value is 1.57. The predicted octanol–water partition coefficient (Wildman–Crippen LogP) is -4.35.